The van der Waals surface area contributed by atoms with Gasteiger partial charge in [0.05, 0.1) is 23.4 Å². The average Bonchev–Trinajstić information content (AvgIpc) is 3.40. The minimum Gasteiger partial charge on any atom is -0.340 e. The number of urea groups is 1. The van der Waals surface area contributed by atoms with E-state index in [1.54, 1.807) is 0 Å². The van der Waals surface area contributed by atoms with Crippen LogP contribution in [0.4, 0.5) is 41.2 Å². The molecule has 2 saturated heterocycles. The maximum absolute atomic E-state index is 13.7. The van der Waals surface area contributed by atoms with Crippen LogP contribution in [-0.2, 0) is 27.2 Å². The summed E-state index contributed by atoms with van der Waals surface area (Å²) >= 11 is 0. The highest BCUT2D eigenvalue weighted by Gasteiger charge is 2.43. The van der Waals surface area contributed by atoms with E-state index >= 15 is 0 Å². The lowest BCUT2D eigenvalue weighted by atomic mass is 9.93. The van der Waals surface area contributed by atoms with Crippen molar-refractivity contribution in [3.05, 3.63) is 65.0 Å². The van der Waals surface area contributed by atoms with E-state index in [0.29, 0.717) is 22.6 Å². The van der Waals surface area contributed by atoms with Gasteiger partial charge in [-0.05, 0) is 48.7 Å². The van der Waals surface area contributed by atoms with Crippen LogP contribution in [0.5, 0.6) is 0 Å². The number of halogens is 7. The van der Waals surface area contributed by atoms with E-state index in [0.717, 1.165) is 18.2 Å². The van der Waals surface area contributed by atoms with Crippen LogP contribution in [0.25, 0.3) is 0 Å². The van der Waals surface area contributed by atoms with Crippen molar-refractivity contribution in [1.82, 2.24) is 14.1 Å². The fourth-order valence-electron chi connectivity index (χ4n) is 5.71. The molecule has 0 bridgehead atoms. The number of hydrogen-bond acceptors (Lipinski definition) is 4. The SMILES string of the molecule is CN(C(=O)N(C)C1CN(C(=O)C2CCN(S(C)(=O)=O)CC2)CC1c1ccc(F)cc1)c1cc(C(F)(F)F)cc(C(F)(F)F)c1. The summed E-state index contributed by atoms with van der Waals surface area (Å²) in [7, 11) is -1.04. The van der Waals surface area contributed by atoms with Crippen molar-refractivity contribution in [3.8, 4) is 0 Å². The van der Waals surface area contributed by atoms with Crippen molar-refractivity contribution in [2.75, 3.05) is 51.4 Å². The Kier molecular flexibility index (Phi) is 9.27. The largest absolute Gasteiger partial charge is 0.416 e. The summed E-state index contributed by atoms with van der Waals surface area (Å²) < 4.78 is 119. The molecular weight excluding hydrogens is 621 g/mol. The van der Waals surface area contributed by atoms with Gasteiger partial charge in [0.15, 0.2) is 0 Å². The van der Waals surface area contributed by atoms with Gasteiger partial charge in [-0.3, -0.25) is 9.69 Å². The third kappa shape index (κ3) is 7.28. The molecule has 2 aromatic carbocycles. The topological polar surface area (TPSA) is 81.2 Å². The number of anilines is 1. The number of piperidine rings is 1. The Bertz CT molecular complexity index is 1460. The van der Waals surface area contributed by atoms with Gasteiger partial charge in [-0.1, -0.05) is 12.1 Å². The van der Waals surface area contributed by atoms with E-state index in [1.165, 1.54) is 40.5 Å². The first-order valence-electron chi connectivity index (χ1n) is 13.6. The first-order chi connectivity index (χ1) is 20.3. The van der Waals surface area contributed by atoms with Gasteiger partial charge < -0.3 is 9.80 Å². The Balaban J connectivity index is 1.60. The predicted octanol–water partition coefficient (Wildman–Crippen LogP) is 5.02. The van der Waals surface area contributed by atoms with Gasteiger partial charge in [0.2, 0.25) is 15.9 Å². The second-order valence-corrected chi connectivity index (χ2v) is 13.1. The number of amides is 3. The molecule has 0 aromatic heterocycles. The Morgan fingerprint density at radius 3 is 1.86 bits per heavy atom. The zero-order chi connectivity index (χ0) is 32.8. The molecule has 0 spiro atoms. The van der Waals surface area contributed by atoms with Crippen molar-refractivity contribution < 1.29 is 48.7 Å². The minimum atomic E-state index is -5.11. The molecule has 4 rings (SSSR count). The predicted molar refractivity (Wildman–Crippen MR) is 147 cm³/mol. The molecule has 44 heavy (non-hydrogen) atoms. The average molecular weight is 653 g/mol. The second kappa shape index (κ2) is 12.2. The van der Waals surface area contributed by atoms with Crippen molar-refractivity contribution in [2.24, 2.45) is 5.92 Å². The Labute approximate surface area is 250 Å². The molecular formula is C28H31F7N4O4S. The van der Waals surface area contributed by atoms with Crippen molar-refractivity contribution in [2.45, 2.75) is 37.2 Å². The fraction of sp³-hybridized carbons (Fsp3) is 0.500. The lowest BCUT2D eigenvalue weighted by molar-refractivity contribution is -0.143. The Morgan fingerprint density at radius 2 is 1.39 bits per heavy atom. The van der Waals surface area contributed by atoms with Crippen LogP contribution in [-0.4, -0.2) is 87.0 Å². The van der Waals surface area contributed by atoms with Gasteiger partial charge in [0.1, 0.15) is 5.82 Å². The lowest BCUT2D eigenvalue weighted by Gasteiger charge is -2.33. The zero-order valence-electron chi connectivity index (χ0n) is 24.0. The number of carbonyl (C=O) groups is 2. The van der Waals surface area contributed by atoms with E-state index in [4.69, 9.17) is 0 Å². The van der Waals surface area contributed by atoms with E-state index < -0.39 is 68.9 Å². The van der Waals surface area contributed by atoms with Gasteiger partial charge in [-0.2, -0.15) is 26.3 Å². The first-order valence-corrected chi connectivity index (χ1v) is 15.4. The maximum Gasteiger partial charge on any atom is 0.416 e. The highest BCUT2D eigenvalue weighted by atomic mass is 32.2. The highest BCUT2D eigenvalue weighted by Crippen LogP contribution is 2.39. The third-order valence-electron chi connectivity index (χ3n) is 8.22. The third-order valence-corrected chi connectivity index (χ3v) is 9.52. The fourth-order valence-corrected chi connectivity index (χ4v) is 6.58. The number of benzene rings is 2. The van der Waals surface area contributed by atoms with Gasteiger partial charge in [0, 0.05) is 57.8 Å². The Morgan fingerprint density at radius 1 is 0.864 bits per heavy atom. The number of sulfonamides is 1. The monoisotopic (exact) mass is 652 g/mol. The first kappa shape index (κ1) is 33.5. The van der Waals surface area contributed by atoms with Crippen molar-refractivity contribution in [1.29, 1.82) is 0 Å². The van der Waals surface area contributed by atoms with Gasteiger partial charge in [-0.25, -0.2) is 21.9 Å². The summed E-state index contributed by atoms with van der Waals surface area (Å²) in [5, 5.41) is 0. The van der Waals surface area contributed by atoms with Gasteiger partial charge in [-0.15, -0.1) is 0 Å². The number of hydrogen-bond donors (Lipinski definition) is 0. The van der Waals surface area contributed by atoms with Crippen LogP contribution in [0.1, 0.15) is 35.4 Å². The van der Waals surface area contributed by atoms with Crippen LogP contribution in [0.15, 0.2) is 42.5 Å². The summed E-state index contributed by atoms with van der Waals surface area (Å²) in [5.74, 6) is -1.85. The van der Waals surface area contributed by atoms with Gasteiger partial charge >= 0.3 is 18.4 Å². The van der Waals surface area contributed by atoms with Crippen LogP contribution >= 0.6 is 0 Å². The van der Waals surface area contributed by atoms with E-state index in [1.807, 2.05) is 0 Å². The molecule has 2 aromatic rings. The molecule has 2 unspecified atom stereocenters. The van der Waals surface area contributed by atoms with Crippen molar-refractivity contribution >= 4 is 27.6 Å². The van der Waals surface area contributed by atoms with E-state index in [2.05, 4.69) is 0 Å². The van der Waals surface area contributed by atoms with Crippen LogP contribution < -0.4 is 4.90 Å². The second-order valence-electron chi connectivity index (χ2n) is 11.1. The summed E-state index contributed by atoms with van der Waals surface area (Å²) in [6, 6.07) is 4.54. The molecule has 16 heteroatoms. The summed E-state index contributed by atoms with van der Waals surface area (Å²) in [4.78, 5) is 30.4. The van der Waals surface area contributed by atoms with Crippen molar-refractivity contribution in [3.63, 3.8) is 0 Å². The molecule has 0 N–H and O–H groups in total. The van der Waals surface area contributed by atoms with E-state index in [-0.39, 0.29) is 51.0 Å². The molecule has 0 radical (unpaired) electrons. The molecule has 2 aliphatic heterocycles. The molecule has 0 saturated carbocycles. The smallest absolute Gasteiger partial charge is 0.340 e. The molecule has 2 atom stereocenters. The number of nitrogens with zero attached hydrogens (tertiary/aromatic N) is 4. The van der Waals surface area contributed by atoms with Crippen LogP contribution in [0.3, 0.4) is 0 Å². The Hall–Kier alpha value is -3.40. The molecule has 8 nitrogen and oxygen atoms in total. The number of likely N-dealkylation sites (N-methyl/N-ethyl adjacent to an activating group) is 1. The molecule has 0 aliphatic carbocycles. The van der Waals surface area contributed by atoms with Crippen LogP contribution in [0.2, 0.25) is 0 Å². The standard InChI is InChI=1S/C28H31F7N4O4S/c1-36(22-13-19(27(30,31)32)12-20(14-22)28(33,34)35)26(41)37(2)24-16-38(15-23(24)17-4-6-21(29)7-5-17)25(40)18-8-10-39(11-9-18)44(3,42)43/h4-7,12-14,18,23-24H,8-11,15-16H2,1-3H3. The number of alkyl halides is 6. The number of likely N-dealkylation sites (tertiary alicyclic amines) is 1. The quantitative estimate of drug-likeness (QED) is 0.426. The summed E-state index contributed by atoms with van der Waals surface area (Å²) in [6.45, 7) is 0.409. The molecule has 2 aliphatic rings. The minimum absolute atomic E-state index is 0.0142. The normalized spacial score (nSPS) is 20.5. The van der Waals surface area contributed by atoms with E-state index in [9.17, 15) is 48.7 Å². The highest BCUT2D eigenvalue weighted by molar-refractivity contribution is 7.88. The molecule has 2 heterocycles. The zero-order valence-corrected chi connectivity index (χ0v) is 24.8. The maximum atomic E-state index is 13.7. The van der Waals surface area contributed by atoms with Gasteiger partial charge in [0.25, 0.3) is 0 Å². The van der Waals surface area contributed by atoms with Crippen LogP contribution in [0, 0.1) is 11.7 Å². The lowest BCUT2D eigenvalue weighted by Crippen LogP contribution is -2.48. The molecule has 2 fully saturated rings. The number of carbonyl (C=O) groups excluding carboxylic acids is 2. The number of rotatable bonds is 5. The molecule has 242 valence electrons. The summed E-state index contributed by atoms with van der Waals surface area (Å²) in [6.07, 6.45) is -8.57. The molecule has 3 amide bonds. The summed E-state index contributed by atoms with van der Waals surface area (Å²) in [5.41, 5.74) is -3.22.